The summed E-state index contributed by atoms with van der Waals surface area (Å²) in [6.07, 6.45) is 4.76. The van der Waals surface area contributed by atoms with Crippen molar-refractivity contribution in [2.24, 2.45) is 5.92 Å². The van der Waals surface area contributed by atoms with Crippen LogP contribution < -0.4 is 10.6 Å². The zero-order valence-corrected chi connectivity index (χ0v) is 11.2. The van der Waals surface area contributed by atoms with E-state index in [1.807, 2.05) is 19.1 Å². The van der Waals surface area contributed by atoms with Crippen LogP contribution in [0.5, 0.6) is 0 Å². The highest BCUT2D eigenvalue weighted by Crippen LogP contribution is 2.26. The standard InChI is InChI=1S/C15H20N2O2/c1-2-14(18)16-12-7-9-13(10-8-12)17-15(19)11-5-3-4-6-11/h7-11H,2-6H2,1H3,(H,16,18)(H,17,19). The van der Waals surface area contributed by atoms with Gasteiger partial charge >= 0.3 is 0 Å². The number of benzene rings is 1. The fourth-order valence-electron chi connectivity index (χ4n) is 2.32. The SMILES string of the molecule is CCC(=O)Nc1ccc(NC(=O)C2CCCC2)cc1. The lowest BCUT2D eigenvalue weighted by molar-refractivity contribution is -0.119. The van der Waals surface area contributed by atoms with Crippen LogP contribution in [0.25, 0.3) is 0 Å². The average Bonchev–Trinajstić information content (AvgIpc) is 2.95. The number of amides is 2. The van der Waals surface area contributed by atoms with Crippen LogP contribution in [0.1, 0.15) is 39.0 Å². The Labute approximate surface area is 113 Å². The molecule has 0 radical (unpaired) electrons. The molecule has 0 saturated heterocycles. The summed E-state index contributed by atoms with van der Waals surface area (Å²) in [5.74, 6) is 0.269. The van der Waals surface area contributed by atoms with E-state index in [2.05, 4.69) is 10.6 Å². The molecule has 1 fully saturated rings. The van der Waals surface area contributed by atoms with Crippen LogP contribution in [0.2, 0.25) is 0 Å². The van der Waals surface area contributed by atoms with Gasteiger partial charge in [-0.15, -0.1) is 0 Å². The molecule has 1 aliphatic rings. The molecule has 102 valence electrons. The first kappa shape index (κ1) is 13.6. The van der Waals surface area contributed by atoms with E-state index in [0.717, 1.165) is 37.1 Å². The Bertz CT molecular complexity index is 448. The first-order chi connectivity index (χ1) is 9.19. The molecule has 0 heterocycles. The van der Waals surface area contributed by atoms with E-state index in [9.17, 15) is 9.59 Å². The van der Waals surface area contributed by atoms with Crippen molar-refractivity contribution in [2.75, 3.05) is 10.6 Å². The molecule has 2 amide bonds. The lowest BCUT2D eigenvalue weighted by atomic mass is 10.1. The second kappa shape index (κ2) is 6.36. The van der Waals surface area contributed by atoms with Crippen LogP contribution in [0, 0.1) is 5.92 Å². The smallest absolute Gasteiger partial charge is 0.227 e. The second-order valence-electron chi connectivity index (χ2n) is 4.95. The van der Waals surface area contributed by atoms with Crippen LogP contribution in [0.3, 0.4) is 0 Å². The minimum atomic E-state index is -0.0114. The molecule has 2 rings (SSSR count). The van der Waals surface area contributed by atoms with Crippen molar-refractivity contribution in [2.45, 2.75) is 39.0 Å². The molecule has 0 spiro atoms. The molecular weight excluding hydrogens is 240 g/mol. The summed E-state index contributed by atoms with van der Waals surface area (Å²) < 4.78 is 0. The largest absolute Gasteiger partial charge is 0.326 e. The van der Waals surface area contributed by atoms with Crippen molar-refractivity contribution >= 4 is 23.2 Å². The topological polar surface area (TPSA) is 58.2 Å². The number of hydrogen-bond acceptors (Lipinski definition) is 2. The fraction of sp³-hybridized carbons (Fsp3) is 0.467. The van der Waals surface area contributed by atoms with E-state index < -0.39 is 0 Å². The number of hydrogen-bond donors (Lipinski definition) is 2. The van der Waals surface area contributed by atoms with E-state index in [4.69, 9.17) is 0 Å². The minimum absolute atomic E-state index is 0.0114. The second-order valence-corrected chi connectivity index (χ2v) is 4.95. The molecule has 0 aliphatic heterocycles. The molecule has 2 N–H and O–H groups in total. The van der Waals surface area contributed by atoms with Crippen LogP contribution in [0.15, 0.2) is 24.3 Å². The Morgan fingerprint density at radius 2 is 1.58 bits per heavy atom. The summed E-state index contributed by atoms with van der Waals surface area (Å²) >= 11 is 0. The number of anilines is 2. The molecule has 4 nitrogen and oxygen atoms in total. The fourth-order valence-corrected chi connectivity index (χ4v) is 2.32. The molecule has 4 heteroatoms. The van der Waals surface area contributed by atoms with Gasteiger partial charge in [0.25, 0.3) is 0 Å². The van der Waals surface area contributed by atoms with Gasteiger partial charge in [0.15, 0.2) is 0 Å². The maximum Gasteiger partial charge on any atom is 0.227 e. The van der Waals surface area contributed by atoms with Gasteiger partial charge in [0.1, 0.15) is 0 Å². The lowest BCUT2D eigenvalue weighted by Gasteiger charge is -2.11. The van der Waals surface area contributed by atoms with E-state index in [1.54, 1.807) is 12.1 Å². The van der Waals surface area contributed by atoms with Crippen LogP contribution in [-0.4, -0.2) is 11.8 Å². The predicted molar refractivity (Wildman–Crippen MR) is 76.0 cm³/mol. The number of nitrogens with one attached hydrogen (secondary N) is 2. The summed E-state index contributed by atoms with van der Waals surface area (Å²) in [6.45, 7) is 1.81. The van der Waals surface area contributed by atoms with Gasteiger partial charge in [-0.05, 0) is 37.1 Å². The van der Waals surface area contributed by atoms with Crippen molar-refractivity contribution in [1.29, 1.82) is 0 Å². The van der Waals surface area contributed by atoms with Gasteiger partial charge in [0, 0.05) is 23.7 Å². The van der Waals surface area contributed by atoms with Crippen molar-refractivity contribution < 1.29 is 9.59 Å². The Morgan fingerprint density at radius 1 is 1.05 bits per heavy atom. The van der Waals surface area contributed by atoms with Gasteiger partial charge in [-0.1, -0.05) is 19.8 Å². The van der Waals surface area contributed by atoms with Crippen molar-refractivity contribution in [3.05, 3.63) is 24.3 Å². The van der Waals surface area contributed by atoms with Gasteiger partial charge in [0.2, 0.25) is 11.8 Å². The molecule has 1 saturated carbocycles. The number of carbonyl (C=O) groups excluding carboxylic acids is 2. The van der Waals surface area contributed by atoms with Gasteiger partial charge in [-0.25, -0.2) is 0 Å². The molecule has 19 heavy (non-hydrogen) atoms. The van der Waals surface area contributed by atoms with Crippen LogP contribution >= 0.6 is 0 Å². The summed E-state index contributed by atoms with van der Waals surface area (Å²) in [7, 11) is 0. The van der Waals surface area contributed by atoms with Crippen molar-refractivity contribution in [1.82, 2.24) is 0 Å². The minimum Gasteiger partial charge on any atom is -0.326 e. The summed E-state index contributed by atoms with van der Waals surface area (Å²) in [5, 5.41) is 5.70. The first-order valence-corrected chi connectivity index (χ1v) is 6.90. The van der Waals surface area contributed by atoms with Crippen molar-refractivity contribution in [3.8, 4) is 0 Å². The predicted octanol–water partition coefficient (Wildman–Crippen LogP) is 3.16. The number of carbonyl (C=O) groups is 2. The highest BCUT2D eigenvalue weighted by molar-refractivity contribution is 5.94. The van der Waals surface area contributed by atoms with E-state index >= 15 is 0 Å². The maximum atomic E-state index is 11.9. The average molecular weight is 260 g/mol. The third-order valence-electron chi connectivity index (χ3n) is 3.48. The molecule has 0 aromatic heterocycles. The maximum absolute atomic E-state index is 11.9. The molecule has 1 aliphatic carbocycles. The monoisotopic (exact) mass is 260 g/mol. The van der Waals surface area contributed by atoms with E-state index in [-0.39, 0.29) is 17.7 Å². The zero-order valence-electron chi connectivity index (χ0n) is 11.2. The third-order valence-corrected chi connectivity index (χ3v) is 3.48. The Hall–Kier alpha value is -1.84. The lowest BCUT2D eigenvalue weighted by Crippen LogP contribution is -2.20. The number of rotatable bonds is 4. The molecule has 0 unspecified atom stereocenters. The highest BCUT2D eigenvalue weighted by Gasteiger charge is 2.22. The first-order valence-electron chi connectivity index (χ1n) is 6.90. The van der Waals surface area contributed by atoms with Crippen LogP contribution in [0.4, 0.5) is 11.4 Å². The molecular formula is C15H20N2O2. The van der Waals surface area contributed by atoms with Crippen molar-refractivity contribution in [3.63, 3.8) is 0 Å². The summed E-state index contributed by atoms with van der Waals surface area (Å²) in [5.41, 5.74) is 1.54. The normalized spacial score (nSPS) is 15.2. The molecule has 1 aromatic rings. The van der Waals surface area contributed by atoms with Gasteiger partial charge < -0.3 is 10.6 Å². The molecule has 0 bridgehead atoms. The Morgan fingerprint density at radius 3 is 2.11 bits per heavy atom. The summed E-state index contributed by atoms with van der Waals surface area (Å²) in [4.78, 5) is 23.2. The van der Waals surface area contributed by atoms with Gasteiger partial charge in [-0.2, -0.15) is 0 Å². The van der Waals surface area contributed by atoms with Gasteiger partial charge in [-0.3, -0.25) is 9.59 Å². The Balaban J connectivity index is 1.91. The molecule has 1 aromatic carbocycles. The summed E-state index contributed by atoms with van der Waals surface area (Å²) in [6, 6.07) is 7.24. The highest BCUT2D eigenvalue weighted by atomic mass is 16.2. The van der Waals surface area contributed by atoms with Gasteiger partial charge in [0.05, 0.1) is 0 Å². The zero-order chi connectivity index (χ0) is 13.7. The van der Waals surface area contributed by atoms with Crippen LogP contribution in [-0.2, 0) is 9.59 Å². The van der Waals surface area contributed by atoms with E-state index in [1.165, 1.54) is 0 Å². The molecule has 0 atom stereocenters. The third kappa shape index (κ3) is 3.81. The Kier molecular flexibility index (Phi) is 4.55. The van der Waals surface area contributed by atoms with E-state index in [0.29, 0.717) is 6.42 Å². The quantitative estimate of drug-likeness (QED) is 0.873.